The Morgan fingerprint density at radius 1 is 0.968 bits per heavy atom. The third-order valence-corrected chi connectivity index (χ3v) is 4.73. The molecule has 0 atom stereocenters. The van der Waals surface area contributed by atoms with Crippen molar-refractivity contribution in [1.82, 2.24) is 10.1 Å². The van der Waals surface area contributed by atoms with Crippen LogP contribution >= 0.6 is 11.6 Å². The quantitative estimate of drug-likeness (QED) is 0.435. The number of carbonyl (C=O) groups excluding carboxylic acids is 1. The first-order chi connectivity index (χ1) is 15.2. The smallest absolute Gasteiger partial charge is 0.262 e. The largest absolute Gasteiger partial charge is 0.495 e. The second-order valence-electron chi connectivity index (χ2n) is 6.44. The number of nitrogens with one attached hydrogen (secondary N) is 1. The number of anilines is 1. The molecular weight excluding hydrogens is 418 g/mol. The van der Waals surface area contributed by atoms with Crippen LogP contribution in [-0.2, 0) is 4.79 Å². The number of hydrogen-bond acceptors (Lipinski definition) is 6. The number of aromatic nitrogens is 2. The Bertz CT molecular complexity index is 1210. The molecule has 0 radical (unpaired) electrons. The van der Waals surface area contributed by atoms with Crippen LogP contribution in [0.4, 0.5) is 5.69 Å². The van der Waals surface area contributed by atoms with Gasteiger partial charge >= 0.3 is 0 Å². The number of carbonyl (C=O) groups is 1. The van der Waals surface area contributed by atoms with Crippen molar-refractivity contribution in [2.45, 2.75) is 0 Å². The van der Waals surface area contributed by atoms with E-state index >= 15 is 0 Å². The van der Waals surface area contributed by atoms with Gasteiger partial charge in [0.15, 0.2) is 6.61 Å². The maximum Gasteiger partial charge on any atom is 0.262 e. The summed E-state index contributed by atoms with van der Waals surface area (Å²) in [7, 11) is 1.54. The predicted octanol–water partition coefficient (Wildman–Crippen LogP) is 5.08. The van der Waals surface area contributed by atoms with Gasteiger partial charge in [0, 0.05) is 0 Å². The Morgan fingerprint density at radius 3 is 2.42 bits per heavy atom. The monoisotopic (exact) mass is 435 g/mol. The summed E-state index contributed by atoms with van der Waals surface area (Å²) in [4.78, 5) is 16.8. The summed E-state index contributed by atoms with van der Waals surface area (Å²) in [6, 6.07) is 21.5. The SMILES string of the molecule is COc1ccccc1NC(=O)COc1ccccc1-c1noc(-c2ccccc2Cl)n1. The van der Waals surface area contributed by atoms with Crippen molar-refractivity contribution in [2.24, 2.45) is 0 Å². The van der Waals surface area contributed by atoms with Gasteiger partial charge in [-0.25, -0.2) is 0 Å². The summed E-state index contributed by atoms with van der Waals surface area (Å²) in [6.07, 6.45) is 0. The van der Waals surface area contributed by atoms with Crippen molar-refractivity contribution >= 4 is 23.2 Å². The highest BCUT2D eigenvalue weighted by Crippen LogP contribution is 2.32. The molecule has 3 aromatic carbocycles. The zero-order valence-corrected chi connectivity index (χ0v) is 17.3. The van der Waals surface area contributed by atoms with Crippen molar-refractivity contribution in [3.8, 4) is 34.3 Å². The number of methoxy groups -OCH3 is 1. The lowest BCUT2D eigenvalue weighted by molar-refractivity contribution is -0.118. The summed E-state index contributed by atoms with van der Waals surface area (Å²) in [6.45, 7) is -0.204. The molecule has 0 fully saturated rings. The molecule has 31 heavy (non-hydrogen) atoms. The first-order valence-electron chi connectivity index (χ1n) is 9.39. The number of para-hydroxylation sites is 3. The van der Waals surface area contributed by atoms with E-state index in [1.807, 2.05) is 24.3 Å². The molecule has 156 valence electrons. The molecule has 1 amide bonds. The third kappa shape index (κ3) is 4.67. The second kappa shape index (κ2) is 9.32. The summed E-state index contributed by atoms with van der Waals surface area (Å²) >= 11 is 6.21. The summed E-state index contributed by atoms with van der Waals surface area (Å²) < 4.78 is 16.4. The number of hydrogen-bond donors (Lipinski definition) is 1. The van der Waals surface area contributed by atoms with E-state index in [2.05, 4.69) is 15.5 Å². The molecule has 8 heteroatoms. The van der Waals surface area contributed by atoms with Crippen LogP contribution < -0.4 is 14.8 Å². The molecule has 1 N–H and O–H groups in total. The maximum absolute atomic E-state index is 12.4. The fourth-order valence-electron chi connectivity index (χ4n) is 2.93. The average Bonchev–Trinajstić information content (AvgIpc) is 3.28. The Labute approximate surface area is 183 Å². The average molecular weight is 436 g/mol. The molecular formula is C23H18ClN3O4. The number of ether oxygens (including phenoxy) is 2. The predicted molar refractivity (Wildman–Crippen MR) is 117 cm³/mol. The number of rotatable bonds is 7. The van der Waals surface area contributed by atoms with Gasteiger partial charge in [0.1, 0.15) is 11.5 Å². The fraction of sp³-hybridized carbons (Fsp3) is 0.0870. The molecule has 1 aromatic heterocycles. The van der Waals surface area contributed by atoms with E-state index in [0.717, 1.165) is 0 Å². The first-order valence-corrected chi connectivity index (χ1v) is 9.77. The van der Waals surface area contributed by atoms with E-state index < -0.39 is 0 Å². The zero-order valence-electron chi connectivity index (χ0n) is 16.5. The van der Waals surface area contributed by atoms with Gasteiger partial charge in [-0.2, -0.15) is 4.98 Å². The van der Waals surface area contributed by atoms with Crippen LogP contribution in [0.1, 0.15) is 0 Å². The van der Waals surface area contributed by atoms with Crippen molar-refractivity contribution in [1.29, 1.82) is 0 Å². The van der Waals surface area contributed by atoms with Crippen LogP contribution in [0.15, 0.2) is 77.3 Å². The lowest BCUT2D eigenvalue weighted by atomic mass is 10.2. The summed E-state index contributed by atoms with van der Waals surface area (Å²) in [5, 5.41) is 7.32. The highest BCUT2D eigenvalue weighted by molar-refractivity contribution is 6.33. The Hall–Kier alpha value is -3.84. The maximum atomic E-state index is 12.4. The van der Waals surface area contributed by atoms with Gasteiger partial charge < -0.3 is 19.3 Å². The van der Waals surface area contributed by atoms with E-state index in [1.165, 1.54) is 0 Å². The Kier molecular flexibility index (Phi) is 6.14. The number of nitrogens with zero attached hydrogens (tertiary/aromatic N) is 2. The van der Waals surface area contributed by atoms with Crippen LogP contribution in [0.3, 0.4) is 0 Å². The second-order valence-corrected chi connectivity index (χ2v) is 6.84. The minimum absolute atomic E-state index is 0.204. The molecule has 4 rings (SSSR count). The lowest BCUT2D eigenvalue weighted by Crippen LogP contribution is -2.20. The van der Waals surface area contributed by atoms with E-state index in [9.17, 15) is 4.79 Å². The molecule has 0 aliphatic heterocycles. The van der Waals surface area contributed by atoms with E-state index in [0.29, 0.717) is 45.1 Å². The van der Waals surface area contributed by atoms with Crippen LogP contribution in [0.2, 0.25) is 5.02 Å². The molecule has 0 unspecified atom stereocenters. The van der Waals surface area contributed by atoms with Gasteiger partial charge in [0.2, 0.25) is 5.82 Å². The molecule has 0 saturated heterocycles. The highest BCUT2D eigenvalue weighted by Gasteiger charge is 2.17. The van der Waals surface area contributed by atoms with E-state index in [4.69, 9.17) is 25.6 Å². The highest BCUT2D eigenvalue weighted by atomic mass is 35.5. The standard InChI is InChI=1S/C23H18ClN3O4/c1-29-20-13-7-5-11-18(20)25-21(28)14-30-19-12-6-3-9-16(19)22-26-23(31-27-22)15-8-2-4-10-17(15)24/h2-13H,14H2,1H3,(H,25,28). The number of benzene rings is 3. The molecule has 1 heterocycles. The molecule has 4 aromatic rings. The van der Waals surface area contributed by atoms with Crippen LogP contribution in [0.5, 0.6) is 11.5 Å². The molecule has 0 spiro atoms. The van der Waals surface area contributed by atoms with E-state index in [-0.39, 0.29) is 12.5 Å². The molecule has 0 saturated carbocycles. The minimum atomic E-state index is -0.329. The molecule has 0 bridgehead atoms. The normalized spacial score (nSPS) is 10.5. The van der Waals surface area contributed by atoms with Crippen molar-refractivity contribution in [2.75, 3.05) is 19.0 Å². The third-order valence-electron chi connectivity index (χ3n) is 4.40. The topological polar surface area (TPSA) is 86.5 Å². The Balaban J connectivity index is 1.49. The van der Waals surface area contributed by atoms with Gasteiger partial charge in [0.05, 0.1) is 28.9 Å². The van der Waals surface area contributed by atoms with Crippen molar-refractivity contribution in [3.63, 3.8) is 0 Å². The molecule has 0 aliphatic carbocycles. The van der Waals surface area contributed by atoms with Crippen molar-refractivity contribution in [3.05, 3.63) is 77.8 Å². The van der Waals surface area contributed by atoms with Crippen LogP contribution in [0, 0.1) is 0 Å². The Morgan fingerprint density at radius 2 is 1.65 bits per heavy atom. The first kappa shape index (κ1) is 20.4. The van der Waals surface area contributed by atoms with E-state index in [1.54, 1.807) is 55.6 Å². The summed E-state index contributed by atoms with van der Waals surface area (Å²) in [5.41, 5.74) is 1.79. The molecule has 7 nitrogen and oxygen atoms in total. The lowest BCUT2D eigenvalue weighted by Gasteiger charge is -2.11. The fourth-order valence-corrected chi connectivity index (χ4v) is 3.15. The van der Waals surface area contributed by atoms with Gasteiger partial charge in [-0.1, -0.05) is 53.2 Å². The van der Waals surface area contributed by atoms with Crippen molar-refractivity contribution < 1.29 is 18.8 Å². The summed E-state index contributed by atoms with van der Waals surface area (Å²) in [5.74, 6) is 1.31. The van der Waals surface area contributed by atoms with Crippen LogP contribution in [-0.4, -0.2) is 29.8 Å². The van der Waals surface area contributed by atoms with Gasteiger partial charge in [-0.15, -0.1) is 0 Å². The van der Waals surface area contributed by atoms with Crippen LogP contribution in [0.25, 0.3) is 22.8 Å². The minimum Gasteiger partial charge on any atom is -0.495 e. The van der Waals surface area contributed by atoms with Gasteiger partial charge in [0.25, 0.3) is 11.8 Å². The molecule has 0 aliphatic rings. The zero-order chi connectivity index (χ0) is 21.6. The number of amides is 1. The van der Waals surface area contributed by atoms with Gasteiger partial charge in [-0.3, -0.25) is 4.79 Å². The number of halogens is 1. The van der Waals surface area contributed by atoms with Gasteiger partial charge in [-0.05, 0) is 36.4 Å².